The molecule has 1 atom stereocenters. The van der Waals surface area contributed by atoms with Gasteiger partial charge >= 0.3 is 0 Å². The molecule has 0 fully saturated rings. The van der Waals surface area contributed by atoms with Gasteiger partial charge in [0.15, 0.2) is 0 Å². The molecule has 1 rings (SSSR count). The van der Waals surface area contributed by atoms with Crippen molar-refractivity contribution in [2.24, 2.45) is 5.41 Å². The summed E-state index contributed by atoms with van der Waals surface area (Å²) in [6.07, 6.45) is 4.51. The molecule has 0 radical (unpaired) electrons. The van der Waals surface area contributed by atoms with Crippen molar-refractivity contribution in [1.82, 2.24) is 15.1 Å². The van der Waals surface area contributed by atoms with Gasteiger partial charge in [0.25, 0.3) is 0 Å². The predicted molar refractivity (Wildman–Crippen MR) is 87.1 cm³/mol. The van der Waals surface area contributed by atoms with Crippen LogP contribution in [0.25, 0.3) is 0 Å². The highest BCUT2D eigenvalue weighted by atomic mass is 15.3. The monoisotopic (exact) mass is 279 g/mol. The SMILES string of the molecule is CCCNC(CCc1cc(CC)nn1CC)C(C)(C)C. The molecule has 1 unspecified atom stereocenters. The summed E-state index contributed by atoms with van der Waals surface area (Å²) < 4.78 is 2.17. The van der Waals surface area contributed by atoms with E-state index in [2.05, 4.69) is 62.7 Å². The Labute approximate surface area is 125 Å². The molecular weight excluding hydrogens is 246 g/mol. The number of nitrogens with one attached hydrogen (secondary N) is 1. The summed E-state index contributed by atoms with van der Waals surface area (Å²) in [6.45, 7) is 15.6. The predicted octanol–water partition coefficient (Wildman–Crippen LogP) is 3.81. The molecule has 0 amide bonds. The lowest BCUT2D eigenvalue weighted by atomic mass is 9.83. The summed E-state index contributed by atoms with van der Waals surface area (Å²) in [4.78, 5) is 0. The minimum Gasteiger partial charge on any atom is -0.313 e. The zero-order valence-electron chi connectivity index (χ0n) is 14.3. The molecule has 1 aromatic rings. The van der Waals surface area contributed by atoms with E-state index in [1.54, 1.807) is 0 Å². The molecule has 0 aliphatic rings. The number of hydrogen-bond donors (Lipinski definition) is 1. The lowest BCUT2D eigenvalue weighted by Gasteiger charge is -2.32. The number of aryl methyl sites for hydroxylation is 3. The van der Waals surface area contributed by atoms with Gasteiger partial charge in [0, 0.05) is 18.3 Å². The van der Waals surface area contributed by atoms with Gasteiger partial charge in [-0.15, -0.1) is 0 Å². The van der Waals surface area contributed by atoms with Crippen LogP contribution in [-0.2, 0) is 19.4 Å². The van der Waals surface area contributed by atoms with Gasteiger partial charge in [0.2, 0.25) is 0 Å². The number of aromatic nitrogens is 2. The first kappa shape index (κ1) is 17.2. The first-order valence-electron chi connectivity index (χ1n) is 8.21. The van der Waals surface area contributed by atoms with Gasteiger partial charge in [-0.3, -0.25) is 4.68 Å². The van der Waals surface area contributed by atoms with Gasteiger partial charge in [-0.2, -0.15) is 5.10 Å². The van der Waals surface area contributed by atoms with Crippen LogP contribution in [0.5, 0.6) is 0 Å². The minimum atomic E-state index is 0.305. The van der Waals surface area contributed by atoms with Crippen LogP contribution < -0.4 is 5.32 Å². The standard InChI is InChI=1S/C17H33N3/c1-7-12-18-16(17(4,5)6)11-10-15-13-14(8-2)19-20(15)9-3/h13,16,18H,7-12H2,1-6H3. The molecule has 0 saturated carbocycles. The van der Waals surface area contributed by atoms with Crippen molar-refractivity contribution >= 4 is 0 Å². The molecule has 1 heterocycles. The minimum absolute atomic E-state index is 0.305. The van der Waals surface area contributed by atoms with Crippen molar-refractivity contribution in [2.75, 3.05) is 6.54 Å². The molecule has 1 N–H and O–H groups in total. The van der Waals surface area contributed by atoms with E-state index in [1.807, 2.05) is 0 Å². The van der Waals surface area contributed by atoms with E-state index in [4.69, 9.17) is 0 Å². The Bertz CT molecular complexity index is 387. The summed E-state index contributed by atoms with van der Waals surface area (Å²) in [5.74, 6) is 0. The second-order valence-corrected chi connectivity index (χ2v) is 6.71. The Hall–Kier alpha value is -0.830. The Kier molecular flexibility index (Phi) is 6.74. The fourth-order valence-corrected chi connectivity index (χ4v) is 2.61. The van der Waals surface area contributed by atoms with Crippen LogP contribution >= 0.6 is 0 Å². The van der Waals surface area contributed by atoms with E-state index < -0.39 is 0 Å². The van der Waals surface area contributed by atoms with E-state index in [0.717, 1.165) is 25.9 Å². The van der Waals surface area contributed by atoms with Gasteiger partial charge in [0.1, 0.15) is 0 Å². The average molecular weight is 279 g/mol. The second-order valence-electron chi connectivity index (χ2n) is 6.71. The lowest BCUT2D eigenvalue weighted by Crippen LogP contribution is -2.41. The fourth-order valence-electron chi connectivity index (χ4n) is 2.61. The zero-order valence-corrected chi connectivity index (χ0v) is 14.3. The smallest absolute Gasteiger partial charge is 0.0624 e. The van der Waals surface area contributed by atoms with E-state index in [-0.39, 0.29) is 0 Å². The molecule has 0 spiro atoms. The Balaban J connectivity index is 2.69. The normalized spacial score (nSPS) is 13.7. The van der Waals surface area contributed by atoms with Gasteiger partial charge in [0.05, 0.1) is 5.69 Å². The second kappa shape index (κ2) is 7.82. The topological polar surface area (TPSA) is 29.9 Å². The van der Waals surface area contributed by atoms with Crippen LogP contribution in [0, 0.1) is 5.41 Å². The van der Waals surface area contributed by atoms with Crippen molar-refractivity contribution in [3.63, 3.8) is 0 Å². The number of rotatable bonds is 8. The highest BCUT2D eigenvalue weighted by Crippen LogP contribution is 2.23. The Morgan fingerprint density at radius 1 is 1.25 bits per heavy atom. The summed E-state index contributed by atoms with van der Waals surface area (Å²) in [5.41, 5.74) is 2.91. The average Bonchev–Trinajstić information content (AvgIpc) is 2.79. The molecule has 0 aromatic carbocycles. The molecule has 0 bridgehead atoms. The quantitative estimate of drug-likeness (QED) is 0.784. The van der Waals surface area contributed by atoms with E-state index in [0.29, 0.717) is 11.5 Å². The maximum absolute atomic E-state index is 4.65. The van der Waals surface area contributed by atoms with E-state index in [1.165, 1.54) is 24.2 Å². The molecule has 0 saturated heterocycles. The van der Waals surface area contributed by atoms with Crippen LogP contribution in [0.2, 0.25) is 0 Å². The Morgan fingerprint density at radius 3 is 2.45 bits per heavy atom. The number of hydrogen-bond acceptors (Lipinski definition) is 2. The first-order valence-corrected chi connectivity index (χ1v) is 8.21. The van der Waals surface area contributed by atoms with Crippen molar-refractivity contribution in [2.45, 2.75) is 79.8 Å². The maximum Gasteiger partial charge on any atom is 0.0624 e. The molecule has 20 heavy (non-hydrogen) atoms. The lowest BCUT2D eigenvalue weighted by molar-refractivity contribution is 0.254. The van der Waals surface area contributed by atoms with Gasteiger partial charge < -0.3 is 5.32 Å². The Morgan fingerprint density at radius 2 is 1.95 bits per heavy atom. The van der Waals surface area contributed by atoms with Crippen LogP contribution in [0.4, 0.5) is 0 Å². The van der Waals surface area contributed by atoms with Gasteiger partial charge in [-0.1, -0.05) is 34.6 Å². The number of nitrogens with zero attached hydrogens (tertiary/aromatic N) is 2. The molecule has 0 aliphatic carbocycles. The van der Waals surface area contributed by atoms with Gasteiger partial charge in [-0.25, -0.2) is 0 Å². The molecular formula is C17H33N3. The summed E-state index contributed by atoms with van der Waals surface area (Å²) >= 11 is 0. The summed E-state index contributed by atoms with van der Waals surface area (Å²) in [6, 6.07) is 2.84. The highest BCUT2D eigenvalue weighted by molar-refractivity contribution is 5.11. The van der Waals surface area contributed by atoms with Gasteiger partial charge in [-0.05, 0) is 50.6 Å². The molecule has 3 nitrogen and oxygen atoms in total. The third-order valence-electron chi connectivity index (χ3n) is 3.95. The van der Waals surface area contributed by atoms with Crippen LogP contribution in [-0.4, -0.2) is 22.4 Å². The fraction of sp³-hybridized carbons (Fsp3) is 0.824. The van der Waals surface area contributed by atoms with Crippen molar-refractivity contribution in [3.05, 3.63) is 17.5 Å². The maximum atomic E-state index is 4.65. The van der Waals surface area contributed by atoms with Crippen molar-refractivity contribution < 1.29 is 0 Å². The molecule has 1 aromatic heterocycles. The van der Waals surface area contributed by atoms with Crippen LogP contribution in [0.3, 0.4) is 0 Å². The zero-order chi connectivity index (χ0) is 15.2. The first-order chi connectivity index (χ1) is 9.42. The third kappa shape index (κ3) is 4.93. The molecule has 116 valence electrons. The molecule has 0 aliphatic heterocycles. The van der Waals surface area contributed by atoms with E-state index >= 15 is 0 Å². The van der Waals surface area contributed by atoms with Crippen molar-refractivity contribution in [1.29, 1.82) is 0 Å². The van der Waals surface area contributed by atoms with Crippen LogP contribution in [0.15, 0.2) is 6.07 Å². The van der Waals surface area contributed by atoms with E-state index in [9.17, 15) is 0 Å². The highest BCUT2D eigenvalue weighted by Gasteiger charge is 2.24. The molecule has 3 heteroatoms. The van der Waals surface area contributed by atoms with Crippen molar-refractivity contribution in [3.8, 4) is 0 Å². The summed E-state index contributed by atoms with van der Waals surface area (Å²) in [7, 11) is 0. The third-order valence-corrected chi connectivity index (χ3v) is 3.95. The summed E-state index contributed by atoms with van der Waals surface area (Å²) in [5, 5.41) is 8.35. The van der Waals surface area contributed by atoms with Crippen LogP contribution in [0.1, 0.15) is 65.8 Å². The largest absolute Gasteiger partial charge is 0.313 e.